The quantitative estimate of drug-likeness (QED) is 0.566. The van der Waals surface area contributed by atoms with E-state index in [0.717, 1.165) is 0 Å². The van der Waals surface area contributed by atoms with Crippen molar-refractivity contribution in [2.75, 3.05) is 13.2 Å². The second-order valence-corrected chi connectivity index (χ2v) is 2.07. The molecule has 0 aromatic rings. The molecule has 0 bridgehead atoms. The van der Waals surface area contributed by atoms with Crippen LogP contribution in [0.3, 0.4) is 0 Å². The first-order valence-electron chi connectivity index (χ1n) is 3.20. The summed E-state index contributed by atoms with van der Waals surface area (Å²) in [4.78, 5) is 10.1. The molecular weight excluding hydrogens is 134 g/mol. The summed E-state index contributed by atoms with van der Waals surface area (Å²) in [6.45, 7) is 2.57. The molecule has 0 radical (unpaired) electrons. The Balaban J connectivity index is 3.25. The minimum atomic E-state index is -0.843. The van der Waals surface area contributed by atoms with Gasteiger partial charge in [-0.3, -0.25) is 4.79 Å². The van der Waals surface area contributed by atoms with Gasteiger partial charge >= 0.3 is 5.97 Å². The van der Waals surface area contributed by atoms with E-state index in [1.54, 1.807) is 6.92 Å². The lowest BCUT2D eigenvalue weighted by molar-refractivity contribution is -0.139. The van der Waals surface area contributed by atoms with Gasteiger partial charge in [0.25, 0.3) is 0 Å². The van der Waals surface area contributed by atoms with Crippen LogP contribution in [-0.4, -0.2) is 30.3 Å². The molecule has 0 aliphatic heterocycles. The molecule has 0 aromatic heterocycles. The van der Waals surface area contributed by atoms with Crippen molar-refractivity contribution < 1.29 is 14.6 Å². The third kappa shape index (κ3) is 5.53. The Morgan fingerprint density at radius 1 is 1.80 bits per heavy atom. The fourth-order valence-corrected chi connectivity index (χ4v) is 0.574. The lowest BCUT2D eigenvalue weighted by atomic mass is 10.3. The zero-order valence-corrected chi connectivity index (χ0v) is 6.04. The molecule has 4 nitrogen and oxygen atoms in total. The van der Waals surface area contributed by atoms with E-state index in [2.05, 4.69) is 0 Å². The van der Waals surface area contributed by atoms with Crippen LogP contribution in [-0.2, 0) is 9.53 Å². The third-order valence-electron chi connectivity index (χ3n) is 0.982. The van der Waals surface area contributed by atoms with Crippen molar-refractivity contribution in [3.63, 3.8) is 0 Å². The summed E-state index contributed by atoms with van der Waals surface area (Å²) in [5.74, 6) is -0.843. The summed E-state index contributed by atoms with van der Waals surface area (Å²) < 4.78 is 5.00. The third-order valence-corrected chi connectivity index (χ3v) is 0.982. The molecule has 0 fully saturated rings. The lowest BCUT2D eigenvalue weighted by Crippen LogP contribution is -2.18. The maximum absolute atomic E-state index is 10.1. The van der Waals surface area contributed by atoms with Crippen molar-refractivity contribution in [2.24, 2.45) is 5.73 Å². The average molecular weight is 147 g/mol. The van der Waals surface area contributed by atoms with Gasteiger partial charge in [0, 0.05) is 6.54 Å². The van der Waals surface area contributed by atoms with Crippen molar-refractivity contribution in [3.05, 3.63) is 0 Å². The fourth-order valence-electron chi connectivity index (χ4n) is 0.574. The number of carboxylic acid groups (broad SMARTS) is 1. The van der Waals surface area contributed by atoms with E-state index in [1.807, 2.05) is 0 Å². The highest BCUT2D eigenvalue weighted by molar-refractivity contribution is 5.67. The van der Waals surface area contributed by atoms with E-state index in [4.69, 9.17) is 15.6 Å². The van der Waals surface area contributed by atoms with Crippen molar-refractivity contribution in [2.45, 2.75) is 19.4 Å². The highest BCUT2D eigenvalue weighted by Crippen LogP contribution is 1.95. The van der Waals surface area contributed by atoms with Crippen LogP contribution in [0.5, 0.6) is 0 Å². The minimum absolute atomic E-state index is 0.0417. The number of hydrogen-bond acceptors (Lipinski definition) is 3. The highest BCUT2D eigenvalue weighted by Gasteiger charge is 2.05. The van der Waals surface area contributed by atoms with E-state index in [0.29, 0.717) is 13.2 Å². The number of hydrogen-bond donors (Lipinski definition) is 2. The first-order valence-corrected chi connectivity index (χ1v) is 3.20. The maximum Gasteiger partial charge on any atom is 0.305 e. The average Bonchev–Trinajstić information content (AvgIpc) is 1.82. The Morgan fingerprint density at radius 2 is 2.40 bits per heavy atom. The van der Waals surface area contributed by atoms with E-state index in [1.165, 1.54) is 0 Å². The van der Waals surface area contributed by atoms with Crippen molar-refractivity contribution in [3.8, 4) is 0 Å². The van der Waals surface area contributed by atoms with Crippen molar-refractivity contribution in [1.82, 2.24) is 0 Å². The van der Waals surface area contributed by atoms with Gasteiger partial charge in [0.2, 0.25) is 0 Å². The van der Waals surface area contributed by atoms with Gasteiger partial charge in [-0.25, -0.2) is 0 Å². The topological polar surface area (TPSA) is 72.5 Å². The summed E-state index contributed by atoms with van der Waals surface area (Å²) >= 11 is 0. The van der Waals surface area contributed by atoms with Crippen LogP contribution >= 0.6 is 0 Å². The normalized spacial score (nSPS) is 13.0. The second kappa shape index (κ2) is 5.20. The monoisotopic (exact) mass is 147 g/mol. The minimum Gasteiger partial charge on any atom is -0.481 e. The van der Waals surface area contributed by atoms with Crippen LogP contribution in [0, 0.1) is 0 Å². The standard InChI is InChI=1S/C6H13NO3/c1-5(4-6(8)9)10-3-2-7/h5H,2-4,7H2,1H3,(H,8,9)/t5-/m0/s1. The van der Waals surface area contributed by atoms with Gasteiger partial charge in [-0.1, -0.05) is 0 Å². The molecule has 0 heterocycles. The van der Waals surface area contributed by atoms with Gasteiger partial charge in [0.1, 0.15) is 0 Å². The predicted molar refractivity (Wildman–Crippen MR) is 36.7 cm³/mol. The van der Waals surface area contributed by atoms with E-state index in [-0.39, 0.29) is 12.5 Å². The highest BCUT2D eigenvalue weighted by atomic mass is 16.5. The summed E-state index contributed by atoms with van der Waals surface area (Å²) in [5, 5.41) is 8.27. The van der Waals surface area contributed by atoms with Gasteiger partial charge in [-0.05, 0) is 6.92 Å². The maximum atomic E-state index is 10.1. The molecule has 0 aromatic carbocycles. The van der Waals surface area contributed by atoms with Crippen LogP contribution in [0.2, 0.25) is 0 Å². The zero-order valence-electron chi connectivity index (χ0n) is 6.04. The second-order valence-electron chi connectivity index (χ2n) is 2.07. The van der Waals surface area contributed by atoms with Gasteiger partial charge in [0.15, 0.2) is 0 Å². The van der Waals surface area contributed by atoms with Gasteiger partial charge < -0.3 is 15.6 Å². The molecule has 0 amide bonds. The summed E-state index contributed by atoms with van der Waals surface area (Å²) in [5.41, 5.74) is 5.14. The molecule has 0 unspecified atom stereocenters. The Bertz CT molecular complexity index is 105. The number of carbonyl (C=O) groups is 1. The van der Waals surface area contributed by atoms with E-state index >= 15 is 0 Å². The smallest absolute Gasteiger partial charge is 0.305 e. The Morgan fingerprint density at radius 3 is 2.80 bits per heavy atom. The molecule has 4 heteroatoms. The molecule has 0 saturated heterocycles. The largest absolute Gasteiger partial charge is 0.481 e. The number of rotatable bonds is 5. The first kappa shape index (κ1) is 9.39. The Kier molecular flexibility index (Phi) is 4.88. The first-order chi connectivity index (χ1) is 4.66. The molecule has 60 valence electrons. The molecule has 1 atom stereocenters. The molecule has 10 heavy (non-hydrogen) atoms. The zero-order chi connectivity index (χ0) is 7.98. The van der Waals surface area contributed by atoms with E-state index < -0.39 is 5.97 Å². The predicted octanol–water partition coefficient (Wildman–Crippen LogP) is -0.175. The van der Waals surface area contributed by atoms with Crippen LogP contribution < -0.4 is 5.73 Å². The SMILES string of the molecule is C[C@@H](CC(=O)O)OCCN. The van der Waals surface area contributed by atoms with Gasteiger partial charge in [0.05, 0.1) is 19.1 Å². The summed E-state index contributed by atoms with van der Waals surface area (Å²) in [7, 11) is 0. The molecule has 0 spiro atoms. The number of ether oxygens (including phenoxy) is 1. The Labute approximate surface area is 60.0 Å². The molecule has 0 aliphatic rings. The number of nitrogens with two attached hydrogens (primary N) is 1. The van der Waals surface area contributed by atoms with Crippen LogP contribution in [0.25, 0.3) is 0 Å². The van der Waals surface area contributed by atoms with Gasteiger partial charge in [-0.2, -0.15) is 0 Å². The van der Waals surface area contributed by atoms with Crippen LogP contribution in [0.15, 0.2) is 0 Å². The molecule has 0 rings (SSSR count). The lowest BCUT2D eigenvalue weighted by Gasteiger charge is -2.08. The van der Waals surface area contributed by atoms with E-state index in [9.17, 15) is 4.79 Å². The van der Waals surface area contributed by atoms with Crippen molar-refractivity contribution in [1.29, 1.82) is 0 Å². The molecule has 0 saturated carbocycles. The molecule has 3 N–H and O–H groups in total. The fraction of sp³-hybridized carbons (Fsp3) is 0.833. The number of aliphatic carboxylic acids is 1. The van der Waals surface area contributed by atoms with Gasteiger partial charge in [-0.15, -0.1) is 0 Å². The molecular formula is C6H13NO3. The Hall–Kier alpha value is -0.610. The molecule has 0 aliphatic carbocycles. The van der Waals surface area contributed by atoms with Crippen molar-refractivity contribution >= 4 is 5.97 Å². The number of carboxylic acids is 1. The summed E-state index contributed by atoms with van der Waals surface area (Å²) in [6.07, 6.45) is -0.193. The van der Waals surface area contributed by atoms with Crippen LogP contribution in [0.1, 0.15) is 13.3 Å². The summed E-state index contributed by atoms with van der Waals surface area (Å²) in [6, 6.07) is 0. The van der Waals surface area contributed by atoms with Crippen LogP contribution in [0.4, 0.5) is 0 Å².